The van der Waals surface area contributed by atoms with Crippen LogP contribution in [0.15, 0.2) is 84.6 Å². The normalized spacial score (nSPS) is 17.0. The molecule has 0 aliphatic carbocycles. The molecular weight excluding hydrogens is 385 g/mol. The van der Waals surface area contributed by atoms with Crippen LogP contribution in [0.5, 0.6) is 5.75 Å². The van der Waals surface area contributed by atoms with Crippen LogP contribution in [0, 0.1) is 0 Å². The Kier molecular flexibility index (Phi) is 6.35. The molecule has 0 saturated carbocycles. The van der Waals surface area contributed by atoms with Crippen LogP contribution in [0.4, 0.5) is 0 Å². The van der Waals surface area contributed by atoms with E-state index in [0.717, 1.165) is 38.7 Å². The Morgan fingerprint density at radius 2 is 1.94 bits per heavy atom. The van der Waals surface area contributed by atoms with E-state index in [1.807, 2.05) is 61.5 Å². The van der Waals surface area contributed by atoms with Crippen LogP contribution < -0.4 is 0 Å². The van der Waals surface area contributed by atoms with E-state index in [0.29, 0.717) is 19.2 Å². The van der Waals surface area contributed by atoms with Crippen molar-refractivity contribution in [3.05, 3.63) is 95.9 Å². The predicted octanol–water partition coefficient (Wildman–Crippen LogP) is 5.64. The van der Waals surface area contributed by atoms with Gasteiger partial charge < -0.3 is 14.8 Å². The third-order valence-corrected chi connectivity index (χ3v) is 5.63. The summed E-state index contributed by atoms with van der Waals surface area (Å²) in [5.41, 5.74) is 5.01. The van der Waals surface area contributed by atoms with E-state index in [-0.39, 0.29) is 11.9 Å². The minimum atomic E-state index is -0.781. The highest BCUT2D eigenvalue weighted by Crippen LogP contribution is 2.33. The van der Waals surface area contributed by atoms with Gasteiger partial charge in [0.2, 0.25) is 0 Å². The summed E-state index contributed by atoms with van der Waals surface area (Å²) in [6.07, 6.45) is 7.65. The van der Waals surface area contributed by atoms with Crippen LogP contribution >= 0.6 is 0 Å². The number of pyridine rings is 1. The molecular formula is C26H26BNO3. The van der Waals surface area contributed by atoms with Gasteiger partial charge in [0, 0.05) is 17.9 Å². The third-order valence-electron chi connectivity index (χ3n) is 5.63. The second-order valence-corrected chi connectivity index (χ2v) is 7.90. The minimum absolute atomic E-state index is 0.204. The smallest absolute Gasteiger partial charge is 0.458 e. The van der Waals surface area contributed by atoms with Crippen LogP contribution in [0.25, 0.3) is 22.4 Å². The number of rotatable bonds is 6. The van der Waals surface area contributed by atoms with E-state index >= 15 is 0 Å². The van der Waals surface area contributed by atoms with Crippen molar-refractivity contribution < 1.29 is 14.8 Å². The molecule has 2 heterocycles. The predicted molar refractivity (Wildman–Crippen MR) is 128 cm³/mol. The van der Waals surface area contributed by atoms with Crippen molar-refractivity contribution in [1.82, 2.24) is 4.98 Å². The molecule has 0 spiro atoms. The van der Waals surface area contributed by atoms with E-state index in [9.17, 15) is 10.1 Å². The molecule has 156 valence electrons. The van der Waals surface area contributed by atoms with Gasteiger partial charge in [-0.3, -0.25) is 4.98 Å². The van der Waals surface area contributed by atoms with Crippen molar-refractivity contribution in [3.63, 3.8) is 0 Å². The van der Waals surface area contributed by atoms with Gasteiger partial charge in [0.25, 0.3) is 0 Å². The summed E-state index contributed by atoms with van der Waals surface area (Å²) < 4.78 is 5.83. The molecule has 1 aliphatic rings. The Labute approximate surface area is 183 Å². The monoisotopic (exact) mass is 411 g/mol. The van der Waals surface area contributed by atoms with Gasteiger partial charge in [-0.15, -0.1) is 0 Å². The van der Waals surface area contributed by atoms with Gasteiger partial charge in [0.05, 0.1) is 11.8 Å². The van der Waals surface area contributed by atoms with Crippen LogP contribution in [0.2, 0.25) is 6.32 Å². The van der Waals surface area contributed by atoms with Crippen molar-refractivity contribution in [2.75, 3.05) is 0 Å². The molecule has 4 nitrogen and oxygen atoms in total. The number of hydrogen-bond acceptors (Lipinski definition) is 4. The second-order valence-electron chi connectivity index (χ2n) is 7.90. The standard InChI is InChI=1S/C26H26BNO3/c1-18(2)21-14-15-27(30)31-26(21)13-11-20(24-9-5-6-16-28-24)17-19-10-12-25(29)23-8-4-3-7-22(19)23/h3-10,12,14,16-17,26,29-30H,1,11,13,15H2,2H3/b20-17-. The van der Waals surface area contributed by atoms with Crippen LogP contribution in [0.1, 0.15) is 31.0 Å². The maximum atomic E-state index is 10.2. The zero-order valence-electron chi connectivity index (χ0n) is 17.7. The Morgan fingerprint density at radius 3 is 2.68 bits per heavy atom. The lowest BCUT2D eigenvalue weighted by molar-refractivity contribution is 0.184. The number of allylic oxidation sites excluding steroid dienone is 2. The molecule has 3 aromatic rings. The third kappa shape index (κ3) is 4.79. The average Bonchev–Trinajstić information content (AvgIpc) is 2.78. The lowest BCUT2D eigenvalue weighted by atomic mass is 9.78. The zero-order chi connectivity index (χ0) is 21.8. The van der Waals surface area contributed by atoms with Crippen molar-refractivity contribution in [2.24, 2.45) is 0 Å². The molecule has 5 heteroatoms. The first-order valence-electron chi connectivity index (χ1n) is 10.5. The number of phenolic OH excluding ortho intramolecular Hbond substituents is 1. The van der Waals surface area contributed by atoms with Gasteiger partial charge in [0.15, 0.2) is 0 Å². The van der Waals surface area contributed by atoms with Gasteiger partial charge in [-0.1, -0.05) is 54.6 Å². The van der Waals surface area contributed by atoms with E-state index in [1.54, 1.807) is 12.3 Å². The van der Waals surface area contributed by atoms with E-state index in [1.165, 1.54) is 0 Å². The van der Waals surface area contributed by atoms with Crippen molar-refractivity contribution in [3.8, 4) is 5.75 Å². The van der Waals surface area contributed by atoms with Crippen LogP contribution in [0.3, 0.4) is 0 Å². The first-order valence-corrected chi connectivity index (χ1v) is 10.5. The number of benzene rings is 2. The molecule has 0 fully saturated rings. The van der Waals surface area contributed by atoms with Crippen LogP contribution in [-0.4, -0.2) is 28.3 Å². The van der Waals surface area contributed by atoms with E-state index in [4.69, 9.17) is 4.65 Å². The molecule has 1 unspecified atom stereocenters. The number of aromatic nitrogens is 1. The number of fused-ring (bicyclic) bond motifs is 1. The summed E-state index contributed by atoms with van der Waals surface area (Å²) in [5.74, 6) is 0.271. The Morgan fingerprint density at radius 1 is 1.16 bits per heavy atom. The molecule has 0 saturated heterocycles. The molecule has 1 aliphatic heterocycles. The fourth-order valence-electron chi connectivity index (χ4n) is 4.08. The fourth-order valence-corrected chi connectivity index (χ4v) is 4.08. The largest absolute Gasteiger partial charge is 0.507 e. The summed E-state index contributed by atoms with van der Waals surface area (Å²) in [6, 6.07) is 17.4. The highest BCUT2D eigenvalue weighted by Gasteiger charge is 2.27. The molecule has 1 atom stereocenters. The zero-order valence-corrected chi connectivity index (χ0v) is 17.7. The molecule has 0 radical (unpaired) electrons. The number of nitrogens with zero attached hydrogens (tertiary/aromatic N) is 1. The summed E-state index contributed by atoms with van der Waals surface area (Å²) in [7, 11) is -0.781. The molecule has 0 bridgehead atoms. The fraction of sp³-hybridized carbons (Fsp3) is 0.192. The van der Waals surface area contributed by atoms with Crippen molar-refractivity contribution in [1.29, 1.82) is 0 Å². The van der Waals surface area contributed by atoms with Crippen molar-refractivity contribution in [2.45, 2.75) is 32.2 Å². The van der Waals surface area contributed by atoms with E-state index in [2.05, 4.69) is 17.6 Å². The molecule has 2 aromatic carbocycles. The highest BCUT2D eigenvalue weighted by molar-refractivity contribution is 6.43. The maximum Gasteiger partial charge on any atom is 0.458 e. The Balaban J connectivity index is 1.70. The highest BCUT2D eigenvalue weighted by atomic mass is 16.5. The Hall–Kier alpha value is -3.15. The minimum Gasteiger partial charge on any atom is -0.507 e. The lowest BCUT2D eigenvalue weighted by Gasteiger charge is -2.27. The number of aromatic hydroxyl groups is 1. The molecule has 31 heavy (non-hydrogen) atoms. The summed E-state index contributed by atoms with van der Waals surface area (Å²) in [6.45, 7) is 6.04. The molecule has 1 aromatic heterocycles. The summed E-state index contributed by atoms with van der Waals surface area (Å²) >= 11 is 0. The van der Waals surface area contributed by atoms with Gasteiger partial charge >= 0.3 is 7.12 Å². The first-order chi connectivity index (χ1) is 15.0. The topological polar surface area (TPSA) is 62.6 Å². The molecule has 4 rings (SSSR count). The van der Waals surface area contributed by atoms with Gasteiger partial charge in [-0.25, -0.2) is 0 Å². The van der Waals surface area contributed by atoms with Gasteiger partial charge in [-0.05, 0) is 66.1 Å². The number of hydrogen-bond donors (Lipinski definition) is 2. The Bertz CT molecular complexity index is 1150. The summed E-state index contributed by atoms with van der Waals surface area (Å²) in [4.78, 5) is 4.57. The first kappa shape index (κ1) is 21.1. The van der Waals surface area contributed by atoms with Crippen molar-refractivity contribution >= 4 is 29.5 Å². The van der Waals surface area contributed by atoms with Gasteiger partial charge in [0.1, 0.15) is 5.75 Å². The SMILES string of the molecule is C=C(C)C1=CCB(O)OC1CC/C(=C/c1ccc(O)c2ccccc12)c1ccccn1. The molecule has 0 amide bonds. The number of phenols is 1. The quantitative estimate of drug-likeness (QED) is 0.515. The van der Waals surface area contributed by atoms with Crippen LogP contribution in [-0.2, 0) is 4.65 Å². The maximum absolute atomic E-state index is 10.2. The lowest BCUT2D eigenvalue weighted by Crippen LogP contribution is -2.31. The van der Waals surface area contributed by atoms with Gasteiger partial charge in [-0.2, -0.15) is 0 Å². The second kappa shape index (κ2) is 9.33. The van der Waals surface area contributed by atoms with E-state index < -0.39 is 7.12 Å². The average molecular weight is 411 g/mol. The molecule has 2 N–H and O–H groups in total. The summed E-state index contributed by atoms with van der Waals surface area (Å²) in [5, 5.41) is 22.0.